The van der Waals surface area contributed by atoms with Crippen molar-refractivity contribution in [2.45, 2.75) is 13.3 Å². The number of carbonyl (C=O) groups is 1. The normalized spacial score (nSPS) is 10.6. The van der Waals surface area contributed by atoms with Crippen LogP contribution in [0.3, 0.4) is 0 Å². The fraction of sp³-hybridized carbons (Fsp3) is 0.385. The van der Waals surface area contributed by atoms with Crippen LogP contribution < -0.4 is 16.0 Å². The van der Waals surface area contributed by atoms with E-state index in [1.165, 1.54) is 6.07 Å². The highest BCUT2D eigenvalue weighted by atomic mass is 127. The van der Waals surface area contributed by atoms with E-state index in [9.17, 15) is 13.6 Å². The molecular formula is C13H19F2IN4O. The molecule has 0 fully saturated rings. The Kier molecular flexibility index (Phi) is 9.59. The summed E-state index contributed by atoms with van der Waals surface area (Å²) in [7, 11) is 1.60. The largest absolute Gasteiger partial charge is 0.356 e. The molecule has 3 N–H and O–H groups in total. The van der Waals surface area contributed by atoms with E-state index < -0.39 is 11.6 Å². The van der Waals surface area contributed by atoms with E-state index in [1.807, 2.05) is 6.92 Å². The zero-order valence-electron chi connectivity index (χ0n) is 11.9. The Labute approximate surface area is 139 Å². The monoisotopic (exact) mass is 412 g/mol. The number of aliphatic imine (C=N–C) groups is 1. The van der Waals surface area contributed by atoms with Crippen LogP contribution in [-0.4, -0.2) is 32.0 Å². The van der Waals surface area contributed by atoms with Gasteiger partial charge in [-0.15, -0.1) is 24.0 Å². The maximum absolute atomic E-state index is 13.0. The van der Waals surface area contributed by atoms with Crippen molar-refractivity contribution in [1.82, 2.24) is 10.6 Å². The summed E-state index contributed by atoms with van der Waals surface area (Å²) in [5.74, 6) is -1.83. The Morgan fingerprint density at radius 2 is 1.95 bits per heavy atom. The Morgan fingerprint density at radius 3 is 2.52 bits per heavy atom. The molecular weight excluding hydrogens is 393 g/mol. The standard InChI is InChI=1S/C13H18F2N4O.HI/c1-3-6-17-13(16-2)18-8-12(20)19-9-4-5-10(14)11(15)7-9;/h4-5,7H,3,6,8H2,1-2H3,(H,19,20)(H2,16,17,18);1H. The molecule has 1 rings (SSSR count). The third-order valence-electron chi connectivity index (χ3n) is 2.39. The van der Waals surface area contributed by atoms with E-state index in [2.05, 4.69) is 20.9 Å². The second-order valence-corrected chi connectivity index (χ2v) is 4.03. The maximum atomic E-state index is 13.0. The van der Waals surface area contributed by atoms with E-state index in [4.69, 9.17) is 0 Å². The molecule has 0 atom stereocenters. The first-order valence-corrected chi connectivity index (χ1v) is 6.26. The lowest BCUT2D eigenvalue weighted by Gasteiger charge is -2.11. The summed E-state index contributed by atoms with van der Waals surface area (Å²) in [6.45, 7) is 2.73. The Balaban J connectivity index is 0.00000400. The molecule has 0 unspecified atom stereocenters. The van der Waals surface area contributed by atoms with Gasteiger partial charge in [0.1, 0.15) is 0 Å². The van der Waals surface area contributed by atoms with Gasteiger partial charge >= 0.3 is 0 Å². The summed E-state index contributed by atoms with van der Waals surface area (Å²) in [4.78, 5) is 15.6. The van der Waals surface area contributed by atoms with Crippen LogP contribution in [0.1, 0.15) is 13.3 Å². The number of benzene rings is 1. The number of carbonyl (C=O) groups excluding carboxylic acids is 1. The summed E-state index contributed by atoms with van der Waals surface area (Å²) in [5.41, 5.74) is 0.201. The van der Waals surface area contributed by atoms with Crippen LogP contribution in [0.15, 0.2) is 23.2 Å². The second kappa shape index (κ2) is 10.3. The topological polar surface area (TPSA) is 65.5 Å². The lowest BCUT2D eigenvalue weighted by molar-refractivity contribution is -0.115. The molecule has 1 amide bonds. The van der Waals surface area contributed by atoms with Gasteiger partial charge in [-0.2, -0.15) is 0 Å². The molecule has 1 aromatic rings. The molecule has 0 aliphatic carbocycles. The molecule has 0 aromatic heterocycles. The van der Waals surface area contributed by atoms with Gasteiger partial charge in [0, 0.05) is 25.3 Å². The van der Waals surface area contributed by atoms with E-state index in [0.717, 1.165) is 25.1 Å². The van der Waals surface area contributed by atoms with Crippen LogP contribution in [0.25, 0.3) is 0 Å². The minimum atomic E-state index is -1.00. The highest BCUT2D eigenvalue weighted by molar-refractivity contribution is 14.0. The molecule has 0 aliphatic rings. The number of hydrogen-bond acceptors (Lipinski definition) is 2. The van der Waals surface area contributed by atoms with Crippen molar-refractivity contribution in [3.63, 3.8) is 0 Å². The number of guanidine groups is 1. The smallest absolute Gasteiger partial charge is 0.243 e. The van der Waals surface area contributed by atoms with Crippen LogP contribution in [0.4, 0.5) is 14.5 Å². The minimum absolute atomic E-state index is 0. The fourth-order valence-corrected chi connectivity index (χ4v) is 1.41. The first-order valence-electron chi connectivity index (χ1n) is 6.26. The van der Waals surface area contributed by atoms with Gasteiger partial charge in [0.15, 0.2) is 17.6 Å². The first-order chi connectivity index (χ1) is 9.56. The van der Waals surface area contributed by atoms with Crippen molar-refractivity contribution in [2.24, 2.45) is 4.99 Å². The van der Waals surface area contributed by atoms with Crippen molar-refractivity contribution in [2.75, 3.05) is 25.5 Å². The second-order valence-electron chi connectivity index (χ2n) is 4.03. The van der Waals surface area contributed by atoms with Crippen molar-refractivity contribution in [3.8, 4) is 0 Å². The SMILES string of the molecule is CCCNC(=NC)NCC(=O)Nc1ccc(F)c(F)c1.I. The van der Waals surface area contributed by atoms with Gasteiger partial charge in [-0.1, -0.05) is 6.92 Å². The van der Waals surface area contributed by atoms with Gasteiger partial charge < -0.3 is 16.0 Å². The summed E-state index contributed by atoms with van der Waals surface area (Å²) < 4.78 is 25.7. The predicted molar refractivity (Wildman–Crippen MR) is 90.1 cm³/mol. The number of nitrogens with zero attached hydrogens (tertiary/aromatic N) is 1. The number of rotatable bonds is 5. The molecule has 0 saturated carbocycles. The molecule has 8 heteroatoms. The minimum Gasteiger partial charge on any atom is -0.356 e. The molecule has 21 heavy (non-hydrogen) atoms. The molecule has 0 spiro atoms. The quantitative estimate of drug-likeness (QED) is 0.394. The van der Waals surface area contributed by atoms with E-state index >= 15 is 0 Å². The summed E-state index contributed by atoms with van der Waals surface area (Å²) in [5, 5.41) is 8.27. The van der Waals surface area contributed by atoms with E-state index in [1.54, 1.807) is 7.05 Å². The van der Waals surface area contributed by atoms with Crippen LogP contribution in [0, 0.1) is 11.6 Å². The zero-order valence-corrected chi connectivity index (χ0v) is 14.2. The molecule has 1 aromatic carbocycles. The van der Waals surface area contributed by atoms with Gasteiger partial charge in [0.05, 0.1) is 6.54 Å². The average molecular weight is 412 g/mol. The highest BCUT2D eigenvalue weighted by Crippen LogP contribution is 2.12. The lowest BCUT2D eigenvalue weighted by atomic mass is 10.3. The molecule has 0 heterocycles. The summed E-state index contributed by atoms with van der Waals surface area (Å²) in [6, 6.07) is 3.18. The Hall–Kier alpha value is -1.45. The fourth-order valence-electron chi connectivity index (χ4n) is 1.41. The number of halogens is 3. The summed E-state index contributed by atoms with van der Waals surface area (Å²) >= 11 is 0. The van der Waals surface area contributed by atoms with Gasteiger partial charge in [-0.25, -0.2) is 8.78 Å². The van der Waals surface area contributed by atoms with Gasteiger partial charge in [-0.05, 0) is 18.6 Å². The van der Waals surface area contributed by atoms with Crippen LogP contribution in [0.5, 0.6) is 0 Å². The molecule has 118 valence electrons. The van der Waals surface area contributed by atoms with Crippen LogP contribution >= 0.6 is 24.0 Å². The Morgan fingerprint density at radius 1 is 1.24 bits per heavy atom. The average Bonchev–Trinajstić information content (AvgIpc) is 2.43. The van der Waals surface area contributed by atoms with Crippen molar-refractivity contribution >= 4 is 41.5 Å². The molecule has 0 aliphatic heterocycles. The van der Waals surface area contributed by atoms with Crippen LogP contribution in [0.2, 0.25) is 0 Å². The highest BCUT2D eigenvalue weighted by Gasteiger charge is 2.06. The van der Waals surface area contributed by atoms with E-state index in [-0.39, 0.29) is 42.1 Å². The van der Waals surface area contributed by atoms with Gasteiger partial charge in [0.2, 0.25) is 5.91 Å². The molecule has 0 bridgehead atoms. The third-order valence-corrected chi connectivity index (χ3v) is 2.39. The summed E-state index contributed by atoms with van der Waals surface area (Å²) in [6.07, 6.45) is 0.932. The number of amides is 1. The van der Waals surface area contributed by atoms with Crippen molar-refractivity contribution < 1.29 is 13.6 Å². The van der Waals surface area contributed by atoms with Gasteiger partial charge in [-0.3, -0.25) is 9.79 Å². The lowest BCUT2D eigenvalue weighted by Crippen LogP contribution is -2.41. The van der Waals surface area contributed by atoms with Crippen LogP contribution in [-0.2, 0) is 4.79 Å². The van der Waals surface area contributed by atoms with E-state index in [0.29, 0.717) is 5.96 Å². The van der Waals surface area contributed by atoms with Gasteiger partial charge in [0.25, 0.3) is 0 Å². The maximum Gasteiger partial charge on any atom is 0.243 e. The number of nitrogens with one attached hydrogen (secondary N) is 3. The number of anilines is 1. The van der Waals surface area contributed by atoms with Crippen molar-refractivity contribution in [1.29, 1.82) is 0 Å². The zero-order chi connectivity index (χ0) is 15.0. The third kappa shape index (κ3) is 7.21. The molecule has 0 radical (unpaired) electrons. The Bertz CT molecular complexity index is 497. The predicted octanol–water partition coefficient (Wildman–Crippen LogP) is 2.10. The molecule has 0 saturated heterocycles. The molecule has 5 nitrogen and oxygen atoms in total. The first kappa shape index (κ1) is 19.6. The number of hydrogen-bond donors (Lipinski definition) is 3. The van der Waals surface area contributed by atoms with Crippen molar-refractivity contribution in [3.05, 3.63) is 29.8 Å².